The molecule has 1 aliphatic rings. The highest BCUT2D eigenvalue weighted by Crippen LogP contribution is 2.36. The zero-order valence-corrected chi connectivity index (χ0v) is 15.6. The summed E-state index contributed by atoms with van der Waals surface area (Å²) in [5.74, 6) is 0.617. The van der Waals surface area contributed by atoms with Crippen molar-refractivity contribution in [3.63, 3.8) is 0 Å². The molecule has 1 atom stereocenters. The molecule has 25 heavy (non-hydrogen) atoms. The van der Waals surface area contributed by atoms with E-state index in [0.29, 0.717) is 6.54 Å². The lowest BCUT2D eigenvalue weighted by molar-refractivity contribution is -0.123. The minimum Gasteiger partial charge on any atom is -0.355 e. The number of hydrogen-bond donors (Lipinski definition) is 2. The molecule has 0 aliphatic carbocycles. The number of rotatable bonds is 6. The molecule has 6 heteroatoms. The van der Waals surface area contributed by atoms with Crippen molar-refractivity contribution in [2.24, 2.45) is 0 Å². The zero-order valence-electron chi connectivity index (χ0n) is 14.0. The van der Waals surface area contributed by atoms with Gasteiger partial charge in [-0.1, -0.05) is 29.8 Å². The average molecular weight is 373 g/mol. The number of para-hydroxylation sites is 1. The first-order chi connectivity index (χ1) is 12.1. The van der Waals surface area contributed by atoms with Crippen LogP contribution in [0.5, 0.6) is 0 Å². The molecule has 0 spiro atoms. The average Bonchev–Trinajstić information content (AvgIpc) is 2.61. The Morgan fingerprint density at radius 1 is 1.20 bits per heavy atom. The summed E-state index contributed by atoms with van der Waals surface area (Å²) >= 11 is 3.16. The molecule has 1 heterocycles. The largest absolute Gasteiger partial charge is 0.355 e. The standard InChI is InChI=1S/C19H20N2O2S2/c1-13-6-8-14(9-7-13)24-11-10-20-18(22)12-17-19(23)21-15-4-2-3-5-16(15)25-17/h2-9,17H,10-12H2,1H3,(H,20,22)(H,21,23). The lowest BCUT2D eigenvalue weighted by Gasteiger charge is -2.23. The van der Waals surface area contributed by atoms with Gasteiger partial charge in [-0.2, -0.15) is 0 Å². The van der Waals surface area contributed by atoms with Crippen LogP contribution in [-0.2, 0) is 9.59 Å². The molecule has 0 saturated heterocycles. The molecule has 2 aromatic carbocycles. The highest BCUT2D eigenvalue weighted by atomic mass is 32.2. The van der Waals surface area contributed by atoms with Crippen LogP contribution in [0.1, 0.15) is 12.0 Å². The Morgan fingerprint density at radius 3 is 2.76 bits per heavy atom. The van der Waals surface area contributed by atoms with Gasteiger partial charge in [0, 0.05) is 28.5 Å². The first-order valence-corrected chi connectivity index (χ1v) is 10.0. The van der Waals surface area contributed by atoms with Gasteiger partial charge >= 0.3 is 0 Å². The fourth-order valence-electron chi connectivity index (χ4n) is 2.46. The molecule has 0 saturated carbocycles. The Morgan fingerprint density at radius 2 is 1.96 bits per heavy atom. The van der Waals surface area contributed by atoms with Crippen LogP contribution in [-0.4, -0.2) is 29.4 Å². The molecule has 1 unspecified atom stereocenters. The van der Waals surface area contributed by atoms with Gasteiger partial charge in [0.15, 0.2) is 0 Å². The van der Waals surface area contributed by atoms with Crippen LogP contribution in [0.25, 0.3) is 0 Å². The third-order valence-electron chi connectivity index (χ3n) is 3.79. The molecule has 0 aromatic heterocycles. The quantitative estimate of drug-likeness (QED) is 0.600. The third-order valence-corrected chi connectivity index (χ3v) is 6.08. The molecule has 0 bridgehead atoms. The maximum Gasteiger partial charge on any atom is 0.238 e. The number of carbonyl (C=O) groups excluding carboxylic acids is 2. The molecule has 4 nitrogen and oxygen atoms in total. The Bertz CT molecular complexity index is 762. The number of benzene rings is 2. The van der Waals surface area contributed by atoms with Gasteiger partial charge in [0.2, 0.25) is 11.8 Å². The van der Waals surface area contributed by atoms with E-state index in [0.717, 1.165) is 16.3 Å². The number of nitrogens with one attached hydrogen (secondary N) is 2. The summed E-state index contributed by atoms with van der Waals surface area (Å²) in [6.07, 6.45) is 0.194. The molecule has 2 N–H and O–H groups in total. The number of carbonyl (C=O) groups is 2. The Hall–Kier alpha value is -1.92. The van der Waals surface area contributed by atoms with Crippen LogP contribution in [0.2, 0.25) is 0 Å². The number of thioether (sulfide) groups is 2. The Labute approximate surface area is 156 Å². The SMILES string of the molecule is Cc1ccc(SCCNC(=O)CC2Sc3ccccc3NC2=O)cc1. The van der Waals surface area contributed by atoms with E-state index >= 15 is 0 Å². The molecule has 1 aliphatic heterocycles. The molecule has 0 radical (unpaired) electrons. The summed E-state index contributed by atoms with van der Waals surface area (Å²) in [5, 5.41) is 5.39. The Kier molecular flexibility index (Phi) is 6.04. The fraction of sp³-hybridized carbons (Fsp3) is 0.263. The van der Waals surface area contributed by atoms with Gasteiger partial charge < -0.3 is 10.6 Å². The topological polar surface area (TPSA) is 58.2 Å². The van der Waals surface area contributed by atoms with Crippen molar-refractivity contribution < 1.29 is 9.59 Å². The summed E-state index contributed by atoms with van der Waals surface area (Å²) < 4.78 is 0. The monoisotopic (exact) mass is 372 g/mol. The van der Waals surface area contributed by atoms with Crippen molar-refractivity contribution in [1.82, 2.24) is 5.32 Å². The Balaban J connectivity index is 1.42. The van der Waals surface area contributed by atoms with E-state index < -0.39 is 0 Å². The van der Waals surface area contributed by atoms with Gasteiger partial charge in [0.25, 0.3) is 0 Å². The molecule has 3 rings (SSSR count). The molecule has 130 valence electrons. The van der Waals surface area contributed by atoms with Crippen LogP contribution in [0.3, 0.4) is 0 Å². The number of aryl methyl sites for hydroxylation is 1. The van der Waals surface area contributed by atoms with Crippen molar-refractivity contribution in [1.29, 1.82) is 0 Å². The number of anilines is 1. The molecule has 0 fully saturated rings. The van der Waals surface area contributed by atoms with E-state index in [-0.39, 0.29) is 23.5 Å². The summed E-state index contributed by atoms with van der Waals surface area (Å²) in [5.41, 5.74) is 2.06. The van der Waals surface area contributed by atoms with E-state index in [2.05, 4.69) is 41.8 Å². The van der Waals surface area contributed by atoms with Crippen LogP contribution in [0, 0.1) is 6.92 Å². The van der Waals surface area contributed by atoms with Gasteiger partial charge in [-0.25, -0.2) is 0 Å². The summed E-state index contributed by atoms with van der Waals surface area (Å²) in [4.78, 5) is 26.4. The van der Waals surface area contributed by atoms with Crippen molar-refractivity contribution in [3.05, 3.63) is 54.1 Å². The van der Waals surface area contributed by atoms with Crippen molar-refractivity contribution >= 4 is 41.0 Å². The maximum absolute atomic E-state index is 12.1. The van der Waals surface area contributed by atoms with E-state index in [9.17, 15) is 9.59 Å². The minimum atomic E-state index is -0.375. The van der Waals surface area contributed by atoms with Crippen molar-refractivity contribution in [2.45, 2.75) is 28.4 Å². The lowest BCUT2D eigenvalue weighted by atomic mass is 10.2. The second-order valence-electron chi connectivity index (χ2n) is 5.81. The first-order valence-electron chi connectivity index (χ1n) is 8.14. The normalized spacial score (nSPS) is 16.0. The van der Waals surface area contributed by atoms with Crippen LogP contribution >= 0.6 is 23.5 Å². The van der Waals surface area contributed by atoms with Gasteiger partial charge in [-0.15, -0.1) is 23.5 Å². The fourth-order valence-corrected chi connectivity index (χ4v) is 4.34. The molecular weight excluding hydrogens is 352 g/mol. The van der Waals surface area contributed by atoms with Gasteiger partial charge in [-0.3, -0.25) is 9.59 Å². The molecular formula is C19H20N2O2S2. The van der Waals surface area contributed by atoms with E-state index in [4.69, 9.17) is 0 Å². The van der Waals surface area contributed by atoms with Crippen LogP contribution in [0.4, 0.5) is 5.69 Å². The minimum absolute atomic E-state index is 0.0865. The third kappa shape index (κ3) is 5.03. The number of amides is 2. The van der Waals surface area contributed by atoms with Crippen molar-refractivity contribution in [2.75, 3.05) is 17.6 Å². The zero-order chi connectivity index (χ0) is 17.6. The first kappa shape index (κ1) is 17.9. The predicted octanol–water partition coefficient (Wildman–Crippen LogP) is 3.71. The van der Waals surface area contributed by atoms with E-state index in [1.165, 1.54) is 22.2 Å². The second-order valence-corrected chi connectivity index (χ2v) is 8.22. The number of fused-ring (bicyclic) bond motifs is 1. The van der Waals surface area contributed by atoms with Crippen LogP contribution in [0.15, 0.2) is 58.3 Å². The van der Waals surface area contributed by atoms with Gasteiger partial charge in [0.1, 0.15) is 0 Å². The summed E-state index contributed by atoms with van der Waals surface area (Å²) in [6, 6.07) is 16.0. The maximum atomic E-state index is 12.1. The van der Waals surface area contributed by atoms with Gasteiger partial charge in [0.05, 0.1) is 10.9 Å². The highest BCUT2D eigenvalue weighted by Gasteiger charge is 2.28. The van der Waals surface area contributed by atoms with Crippen LogP contribution < -0.4 is 10.6 Å². The molecule has 2 aromatic rings. The lowest BCUT2D eigenvalue weighted by Crippen LogP contribution is -2.35. The van der Waals surface area contributed by atoms with E-state index in [1.54, 1.807) is 11.8 Å². The van der Waals surface area contributed by atoms with E-state index in [1.807, 2.05) is 24.3 Å². The second kappa shape index (κ2) is 8.45. The smallest absolute Gasteiger partial charge is 0.238 e. The highest BCUT2D eigenvalue weighted by molar-refractivity contribution is 8.01. The van der Waals surface area contributed by atoms with Crippen molar-refractivity contribution in [3.8, 4) is 0 Å². The summed E-state index contributed by atoms with van der Waals surface area (Å²) in [6.45, 7) is 2.65. The predicted molar refractivity (Wildman–Crippen MR) is 104 cm³/mol. The van der Waals surface area contributed by atoms with Gasteiger partial charge in [-0.05, 0) is 31.2 Å². The molecule has 2 amide bonds. The number of hydrogen-bond acceptors (Lipinski definition) is 4. The summed E-state index contributed by atoms with van der Waals surface area (Å²) in [7, 11) is 0.